The van der Waals surface area contributed by atoms with Crippen LogP contribution in [-0.2, 0) is 0 Å². The van der Waals surface area contributed by atoms with Crippen LogP contribution in [0.5, 0.6) is 0 Å². The normalized spacial score (nSPS) is 9.50. The lowest BCUT2D eigenvalue weighted by molar-refractivity contribution is 1.41. The van der Waals surface area contributed by atoms with Crippen LogP contribution in [-0.4, -0.2) is 8.07 Å². The van der Waals surface area contributed by atoms with E-state index in [2.05, 4.69) is 11.1 Å². The van der Waals surface area contributed by atoms with Crippen molar-refractivity contribution in [3.05, 3.63) is 0 Å². The van der Waals surface area contributed by atoms with Gasteiger partial charge in [-0.25, -0.2) is 0 Å². The summed E-state index contributed by atoms with van der Waals surface area (Å²) in [5, 5.41) is 0. The van der Waals surface area contributed by atoms with Gasteiger partial charge in [-0.1, -0.05) is 6.92 Å². The summed E-state index contributed by atoms with van der Waals surface area (Å²) in [4.78, 5) is 0. The minimum absolute atomic E-state index is 0.986. The van der Waals surface area contributed by atoms with Crippen LogP contribution in [0.2, 0.25) is 12.6 Å². The highest BCUT2D eigenvalue weighted by atomic mass is 28.3. The summed E-state index contributed by atoms with van der Waals surface area (Å²) in [6.45, 7) is 4.07. The molecule has 0 aromatic carbocycles. The highest BCUT2D eigenvalue weighted by molar-refractivity contribution is 6.92. The molecule has 42 valence electrons. The molecule has 0 heterocycles. The first-order valence-electron chi connectivity index (χ1n) is 2.64. The van der Waals surface area contributed by atoms with E-state index < -0.39 is 8.07 Å². The van der Waals surface area contributed by atoms with E-state index in [-0.39, 0.29) is 0 Å². The topological polar surface area (TPSA) is 0 Å². The number of terminal acetylenes is 2. The lowest BCUT2D eigenvalue weighted by atomic mass is 11.0. The first kappa shape index (κ1) is 7.34. The molecule has 0 unspecified atom stereocenters. The molecule has 0 saturated carbocycles. The van der Waals surface area contributed by atoms with Crippen molar-refractivity contribution in [2.24, 2.45) is 0 Å². The van der Waals surface area contributed by atoms with Gasteiger partial charge in [0.1, 0.15) is 0 Å². The molecule has 0 amide bonds. The monoisotopic (exact) mass is 122 g/mol. The quantitative estimate of drug-likeness (QED) is 0.364. The molecule has 0 spiro atoms. The van der Waals surface area contributed by atoms with E-state index in [9.17, 15) is 0 Å². The summed E-state index contributed by atoms with van der Waals surface area (Å²) >= 11 is 0. The average molecular weight is 122 g/mol. The molecular formula is C7H10Si. The molecule has 0 fully saturated rings. The summed E-state index contributed by atoms with van der Waals surface area (Å²) in [6.07, 6.45) is 10.4. The molecule has 0 nitrogen and oxygen atoms in total. The molecule has 0 radical (unpaired) electrons. The Bertz CT molecular complexity index is 131. The molecule has 0 atom stereocenters. The minimum Gasteiger partial charge on any atom is -0.126 e. The minimum atomic E-state index is -1.62. The third-order valence-corrected chi connectivity index (χ3v) is 4.03. The Morgan fingerprint density at radius 2 is 1.75 bits per heavy atom. The second kappa shape index (κ2) is 2.60. The van der Waals surface area contributed by atoms with Gasteiger partial charge in [-0.15, -0.1) is 23.9 Å². The van der Waals surface area contributed by atoms with Crippen LogP contribution in [0.4, 0.5) is 0 Å². The van der Waals surface area contributed by atoms with Gasteiger partial charge in [0.25, 0.3) is 0 Å². The molecule has 0 aliphatic heterocycles. The first-order valence-corrected chi connectivity index (χ1v) is 5.35. The fourth-order valence-electron chi connectivity index (χ4n) is 0.246. The van der Waals surface area contributed by atoms with Crippen LogP contribution in [0.15, 0.2) is 0 Å². The van der Waals surface area contributed by atoms with Gasteiger partial charge >= 0.3 is 0 Å². The van der Waals surface area contributed by atoms with E-state index >= 15 is 0 Å². The van der Waals surface area contributed by atoms with Gasteiger partial charge in [-0.3, -0.25) is 0 Å². The molecule has 0 saturated heterocycles. The zero-order chi connectivity index (χ0) is 6.62. The molecule has 0 aliphatic carbocycles. The lowest BCUT2D eigenvalue weighted by Gasteiger charge is -2.06. The Labute approximate surface area is 52.3 Å². The Morgan fingerprint density at radius 1 is 1.38 bits per heavy atom. The van der Waals surface area contributed by atoms with Crippen molar-refractivity contribution in [1.82, 2.24) is 0 Å². The van der Waals surface area contributed by atoms with E-state index in [4.69, 9.17) is 12.8 Å². The highest BCUT2D eigenvalue weighted by Gasteiger charge is 2.17. The van der Waals surface area contributed by atoms with Crippen molar-refractivity contribution < 1.29 is 0 Å². The van der Waals surface area contributed by atoms with Gasteiger partial charge in [0.05, 0.1) is 0 Å². The van der Waals surface area contributed by atoms with Crippen molar-refractivity contribution in [1.29, 1.82) is 0 Å². The fourth-order valence-corrected chi connectivity index (χ4v) is 0.737. The molecule has 8 heavy (non-hydrogen) atoms. The standard InChI is InChI=1S/C7H10Si/c1-5-8(4,6-2)7-3/h1-2H,7H2,3-4H3. The molecular weight excluding hydrogens is 112 g/mol. The van der Waals surface area contributed by atoms with Gasteiger partial charge in [0, 0.05) is 0 Å². The van der Waals surface area contributed by atoms with E-state index in [0.717, 1.165) is 6.04 Å². The van der Waals surface area contributed by atoms with Crippen LogP contribution in [0.25, 0.3) is 0 Å². The number of hydrogen-bond donors (Lipinski definition) is 0. The van der Waals surface area contributed by atoms with Crippen LogP contribution in [0, 0.1) is 23.9 Å². The predicted molar refractivity (Wildman–Crippen MR) is 39.8 cm³/mol. The van der Waals surface area contributed by atoms with E-state index in [0.29, 0.717) is 0 Å². The summed E-state index contributed by atoms with van der Waals surface area (Å²) in [5.74, 6) is 0. The van der Waals surface area contributed by atoms with Crippen molar-refractivity contribution in [3.63, 3.8) is 0 Å². The molecule has 1 heteroatoms. The largest absolute Gasteiger partial charge is 0.212 e. The molecule has 0 aromatic heterocycles. The van der Waals surface area contributed by atoms with Gasteiger partial charge < -0.3 is 0 Å². The maximum Gasteiger partial charge on any atom is 0.212 e. The fraction of sp³-hybridized carbons (Fsp3) is 0.429. The summed E-state index contributed by atoms with van der Waals surface area (Å²) < 4.78 is 0. The van der Waals surface area contributed by atoms with Crippen molar-refractivity contribution in [2.45, 2.75) is 19.5 Å². The van der Waals surface area contributed by atoms with Crippen LogP contribution in [0.3, 0.4) is 0 Å². The smallest absolute Gasteiger partial charge is 0.126 e. The van der Waals surface area contributed by atoms with Crippen LogP contribution < -0.4 is 0 Å². The maximum atomic E-state index is 5.20. The van der Waals surface area contributed by atoms with Gasteiger partial charge in [-0.05, 0) is 12.6 Å². The Kier molecular flexibility index (Phi) is 2.38. The van der Waals surface area contributed by atoms with Crippen molar-refractivity contribution in [3.8, 4) is 23.9 Å². The Morgan fingerprint density at radius 3 is 1.75 bits per heavy atom. The van der Waals surface area contributed by atoms with Crippen molar-refractivity contribution in [2.75, 3.05) is 0 Å². The zero-order valence-corrected chi connectivity index (χ0v) is 6.36. The summed E-state index contributed by atoms with van der Waals surface area (Å²) in [6, 6.07) is 0.986. The molecule has 0 rings (SSSR count). The number of rotatable bonds is 1. The van der Waals surface area contributed by atoms with Crippen LogP contribution >= 0.6 is 0 Å². The van der Waals surface area contributed by atoms with Gasteiger partial charge in [-0.2, -0.15) is 0 Å². The van der Waals surface area contributed by atoms with Crippen molar-refractivity contribution >= 4 is 8.07 Å². The second-order valence-corrected chi connectivity index (χ2v) is 5.92. The molecule has 0 aliphatic rings. The average Bonchev–Trinajstić information content (AvgIpc) is 1.87. The van der Waals surface area contributed by atoms with E-state index in [1.807, 2.05) is 13.5 Å². The second-order valence-electron chi connectivity index (χ2n) is 1.97. The molecule has 0 aromatic rings. The van der Waals surface area contributed by atoms with Gasteiger partial charge in [0.15, 0.2) is 0 Å². The van der Waals surface area contributed by atoms with E-state index in [1.54, 1.807) is 0 Å². The summed E-state index contributed by atoms with van der Waals surface area (Å²) in [5.41, 5.74) is 5.36. The first-order chi connectivity index (χ1) is 3.68. The lowest BCUT2D eigenvalue weighted by Crippen LogP contribution is -2.24. The Balaban J connectivity index is 4.11. The third kappa shape index (κ3) is 1.44. The number of hydrogen-bond acceptors (Lipinski definition) is 0. The Hall–Kier alpha value is -0.663. The maximum absolute atomic E-state index is 5.20. The zero-order valence-electron chi connectivity index (χ0n) is 5.36. The predicted octanol–water partition coefficient (Wildman–Crippen LogP) is 1.43. The SMILES string of the molecule is C#C[Si](C)(C#C)CC. The van der Waals surface area contributed by atoms with Crippen LogP contribution in [0.1, 0.15) is 6.92 Å². The molecule has 0 N–H and O–H groups in total. The highest BCUT2D eigenvalue weighted by Crippen LogP contribution is 2.03. The van der Waals surface area contributed by atoms with Gasteiger partial charge in [0.2, 0.25) is 8.07 Å². The molecule has 0 bridgehead atoms. The van der Waals surface area contributed by atoms with E-state index in [1.165, 1.54) is 0 Å². The summed E-state index contributed by atoms with van der Waals surface area (Å²) in [7, 11) is -1.62. The third-order valence-electron chi connectivity index (χ3n) is 1.34.